The Morgan fingerprint density at radius 1 is 1.00 bits per heavy atom. The van der Waals surface area contributed by atoms with Gasteiger partial charge in [0.1, 0.15) is 35.3 Å². The Kier molecular flexibility index (Phi) is 10.6. The van der Waals surface area contributed by atoms with Crippen molar-refractivity contribution in [3.63, 3.8) is 0 Å². The third-order valence-corrected chi connectivity index (χ3v) is 13.2. The molecule has 2 amide bonds. The van der Waals surface area contributed by atoms with Crippen molar-refractivity contribution >= 4 is 74.6 Å². The minimum atomic E-state index is -1.41. The highest BCUT2D eigenvalue weighted by atomic mass is 127. The van der Waals surface area contributed by atoms with Crippen molar-refractivity contribution in [3.8, 4) is 0 Å². The molecule has 3 aliphatic rings. The van der Waals surface area contributed by atoms with Crippen LogP contribution >= 0.6 is 45.7 Å². The standard InChI is InChI=1S/C40H38IN5O7S2/c1-38(2,3)53-36(51)39(4)23-52-44-46(31-33(48)45-30(35(49)50)28(21-41)32(39)55-34(31)45)29(47)20-27-22-54-37(42-27)43-40(24-14-8-5-9-15-24,25-16-10-6-11-17-25)26-18-12-7-13-19-26/h5-19,22,31-32,34H,20-21,23H2,1-4H3,(H-,42,43,49,50)/p+1/t31-,32?,34-,39?/m1/s1. The molecule has 4 aromatic rings. The van der Waals surface area contributed by atoms with Crippen LogP contribution in [0.1, 0.15) is 50.1 Å². The number of halogens is 1. The molecule has 7 rings (SSSR count). The Balaban J connectivity index is 1.22. The van der Waals surface area contributed by atoms with Crippen molar-refractivity contribution in [2.24, 2.45) is 10.7 Å². The topological polar surface area (TPSA) is 150 Å². The van der Waals surface area contributed by atoms with Crippen LogP contribution in [0.5, 0.6) is 0 Å². The lowest BCUT2D eigenvalue weighted by molar-refractivity contribution is -0.574. The Hall–Kier alpha value is -4.61. The molecule has 15 heteroatoms. The fraction of sp³-hybridized carbons (Fsp3) is 0.325. The fourth-order valence-corrected chi connectivity index (χ4v) is 10.9. The van der Waals surface area contributed by atoms with Crippen LogP contribution < -0.4 is 5.32 Å². The van der Waals surface area contributed by atoms with Crippen molar-refractivity contribution in [1.29, 1.82) is 0 Å². The normalized spacial score (nSPS) is 22.3. The van der Waals surface area contributed by atoms with Crippen LogP contribution in [0.4, 0.5) is 5.13 Å². The number of carbonyl (C=O) groups excluding carboxylic acids is 3. The number of aromatic nitrogens is 1. The number of ether oxygens (including phenoxy) is 1. The highest BCUT2D eigenvalue weighted by Crippen LogP contribution is 2.52. The minimum Gasteiger partial charge on any atom is -0.477 e. The number of nitrogens with one attached hydrogen (secondary N) is 1. The third-order valence-electron chi connectivity index (χ3n) is 9.77. The first-order chi connectivity index (χ1) is 26.3. The van der Waals surface area contributed by atoms with Gasteiger partial charge in [0.15, 0.2) is 15.8 Å². The van der Waals surface area contributed by atoms with Crippen molar-refractivity contribution < 1.29 is 38.6 Å². The highest BCUT2D eigenvalue weighted by molar-refractivity contribution is 14.1. The van der Waals surface area contributed by atoms with Crippen LogP contribution in [0.15, 0.2) is 113 Å². The van der Waals surface area contributed by atoms with Crippen molar-refractivity contribution in [1.82, 2.24) is 9.88 Å². The van der Waals surface area contributed by atoms with Crippen molar-refractivity contribution in [2.45, 2.75) is 61.9 Å². The van der Waals surface area contributed by atoms with E-state index in [0.29, 0.717) is 16.4 Å². The lowest BCUT2D eigenvalue weighted by Crippen LogP contribution is -2.70. The molecule has 0 radical (unpaired) electrons. The second-order valence-corrected chi connectivity index (χ2v) is 17.5. The molecule has 4 atom stereocenters. The first-order valence-corrected chi connectivity index (χ1v) is 20.9. The van der Waals surface area contributed by atoms with Gasteiger partial charge in [0.25, 0.3) is 6.04 Å². The van der Waals surface area contributed by atoms with Crippen LogP contribution in [-0.2, 0) is 40.7 Å². The maximum atomic E-state index is 14.2. The maximum Gasteiger partial charge on any atom is 0.421 e. The Labute approximate surface area is 340 Å². The van der Waals surface area contributed by atoms with Crippen molar-refractivity contribution in [3.05, 3.63) is 130 Å². The number of nitrogens with zero attached hydrogens (tertiary/aromatic N) is 4. The van der Waals surface area contributed by atoms with E-state index in [1.165, 1.54) is 28.0 Å². The summed E-state index contributed by atoms with van der Waals surface area (Å²) < 4.78 is 7.03. The van der Waals surface area contributed by atoms with E-state index < -0.39 is 57.0 Å². The van der Waals surface area contributed by atoms with Gasteiger partial charge in [-0.2, -0.15) is 0 Å². The van der Waals surface area contributed by atoms with Gasteiger partial charge < -0.3 is 20.0 Å². The molecule has 1 saturated heterocycles. The summed E-state index contributed by atoms with van der Waals surface area (Å²) in [5.74, 6) is -3.07. The van der Waals surface area contributed by atoms with Crippen LogP contribution in [0.2, 0.25) is 0 Å². The number of fused-ring (bicyclic) bond motifs is 1. The number of thiazole rings is 1. The number of hydrogen-bond acceptors (Lipinski definition) is 11. The summed E-state index contributed by atoms with van der Waals surface area (Å²) in [6, 6.07) is 29.1. The summed E-state index contributed by atoms with van der Waals surface area (Å²) in [4.78, 5) is 66.4. The number of rotatable bonds is 10. The smallest absolute Gasteiger partial charge is 0.421 e. The van der Waals surface area contributed by atoms with Gasteiger partial charge in [-0.1, -0.05) is 114 Å². The first-order valence-electron chi connectivity index (χ1n) is 17.6. The van der Waals surface area contributed by atoms with Crippen LogP contribution in [-0.4, -0.2) is 76.7 Å². The number of amides is 2. The Bertz CT molecular complexity index is 2100. The number of anilines is 1. The van der Waals surface area contributed by atoms with Gasteiger partial charge in [-0.25, -0.2) is 14.6 Å². The van der Waals surface area contributed by atoms with E-state index in [1.807, 2.05) is 77.2 Å². The quantitative estimate of drug-likeness (QED) is 0.0435. The molecule has 3 aromatic carbocycles. The van der Waals surface area contributed by atoms with Gasteiger partial charge in [-0.15, -0.1) is 23.1 Å². The van der Waals surface area contributed by atoms with Gasteiger partial charge in [0.2, 0.25) is 0 Å². The van der Waals surface area contributed by atoms with Crippen LogP contribution in [0.3, 0.4) is 0 Å². The molecule has 1 fully saturated rings. The van der Waals surface area contributed by atoms with Crippen LogP contribution in [0, 0.1) is 5.41 Å². The summed E-state index contributed by atoms with van der Waals surface area (Å²) in [5.41, 5.74) is 0.526. The number of thioether (sulfide) groups is 1. The van der Waals surface area contributed by atoms with E-state index in [9.17, 15) is 24.3 Å². The predicted molar refractivity (Wildman–Crippen MR) is 216 cm³/mol. The van der Waals surface area contributed by atoms with Crippen molar-refractivity contribution in [2.75, 3.05) is 16.4 Å². The van der Waals surface area contributed by atoms with Crippen LogP contribution in [0.25, 0.3) is 0 Å². The van der Waals surface area contributed by atoms with Gasteiger partial charge in [-0.05, 0) is 54.7 Å². The number of aliphatic carboxylic acids is 1. The van der Waals surface area contributed by atoms with E-state index >= 15 is 0 Å². The molecule has 284 valence electrons. The summed E-state index contributed by atoms with van der Waals surface area (Å²) in [6.45, 7) is 6.55. The van der Waals surface area contributed by atoms with Gasteiger partial charge in [-0.3, -0.25) is 14.5 Å². The SMILES string of the molecule is CC(C)(C)OC(=O)C1(C)CON=[N+](C(=O)Cc2csc(NC(c3ccccc3)(c3ccccc3)c3ccccc3)n2)[C@@H]2C(=O)N3C(C(=O)O)=C(CI)C1S[C@H]23. The zero-order valence-electron chi connectivity index (χ0n) is 30.5. The molecule has 1 aromatic heterocycles. The second-order valence-electron chi connectivity index (χ2n) is 14.7. The summed E-state index contributed by atoms with van der Waals surface area (Å²) in [6.07, 6.45) is -0.228. The lowest BCUT2D eigenvalue weighted by Gasteiger charge is -2.49. The number of alkyl halides is 1. The van der Waals surface area contributed by atoms with Gasteiger partial charge >= 0.3 is 23.8 Å². The average molecular weight is 893 g/mol. The number of hydrogen-bond donors (Lipinski definition) is 2. The van der Waals surface area contributed by atoms with E-state index in [-0.39, 0.29) is 23.2 Å². The molecular weight excluding hydrogens is 854 g/mol. The molecule has 2 bridgehead atoms. The number of carbonyl (C=O) groups is 4. The molecule has 12 nitrogen and oxygen atoms in total. The van der Waals surface area contributed by atoms with Gasteiger partial charge in [0, 0.05) is 9.81 Å². The summed E-state index contributed by atoms with van der Waals surface area (Å²) in [7, 11) is 0. The lowest BCUT2D eigenvalue weighted by atomic mass is 9.77. The summed E-state index contributed by atoms with van der Waals surface area (Å²) in [5, 5.41) is 19.0. The molecule has 2 unspecified atom stereocenters. The number of carboxylic acid groups (broad SMARTS) is 1. The second kappa shape index (κ2) is 15.1. The monoisotopic (exact) mass is 892 g/mol. The zero-order chi connectivity index (χ0) is 39.1. The number of benzene rings is 3. The van der Waals surface area contributed by atoms with E-state index in [1.54, 1.807) is 33.1 Å². The first kappa shape index (κ1) is 38.7. The number of esters is 1. The molecule has 0 aliphatic carbocycles. The average Bonchev–Trinajstić information content (AvgIpc) is 3.62. The predicted octanol–water partition coefficient (Wildman–Crippen LogP) is 6.80. The molecule has 55 heavy (non-hydrogen) atoms. The maximum absolute atomic E-state index is 14.2. The summed E-state index contributed by atoms with van der Waals surface area (Å²) >= 11 is 4.63. The molecule has 0 spiro atoms. The molecule has 3 aliphatic heterocycles. The molecule has 2 N–H and O–H groups in total. The molecular formula is C40H39IN5O7S2+. The van der Waals surface area contributed by atoms with E-state index in [2.05, 4.69) is 47.0 Å². The number of carboxylic acids is 1. The third kappa shape index (κ3) is 7.05. The highest BCUT2D eigenvalue weighted by Gasteiger charge is 2.67. The zero-order valence-corrected chi connectivity index (χ0v) is 34.3. The Morgan fingerprint density at radius 2 is 1.56 bits per heavy atom. The molecule has 0 saturated carbocycles. The largest absolute Gasteiger partial charge is 0.477 e. The van der Waals surface area contributed by atoms with E-state index in [0.717, 1.165) is 21.4 Å². The minimum absolute atomic E-state index is 0.192. The van der Waals surface area contributed by atoms with Gasteiger partial charge in [0.05, 0.1) is 10.9 Å². The van der Waals surface area contributed by atoms with E-state index in [4.69, 9.17) is 14.6 Å². The number of β-lactam (4-membered cyclic amide) rings is 1. The Morgan fingerprint density at radius 3 is 2.07 bits per heavy atom. The fourth-order valence-electron chi connectivity index (χ4n) is 7.19. The molecule has 4 heterocycles.